The number of hydrogen-bond donors (Lipinski definition) is 0. The molecule has 1 rings (SSSR count). The molecule has 0 atom stereocenters. The van der Waals surface area contributed by atoms with E-state index in [0.29, 0.717) is 0 Å². The van der Waals surface area contributed by atoms with E-state index >= 15 is 0 Å². The molecule has 0 bridgehead atoms. The van der Waals surface area contributed by atoms with E-state index < -0.39 is 0 Å². The van der Waals surface area contributed by atoms with Crippen molar-refractivity contribution in [3.05, 3.63) is 49.4 Å². The summed E-state index contributed by atoms with van der Waals surface area (Å²) in [7, 11) is 0. The third-order valence-electron chi connectivity index (χ3n) is 1.35. The summed E-state index contributed by atoms with van der Waals surface area (Å²) in [6.07, 6.45) is 3.86. The predicted octanol–water partition coefficient (Wildman–Crippen LogP) is 3.75. The second kappa shape index (κ2) is 11.5. The first-order valence-electron chi connectivity index (χ1n) is 4.24. The van der Waals surface area contributed by atoms with Gasteiger partial charge in [0.1, 0.15) is 0 Å². The van der Waals surface area contributed by atoms with Crippen LogP contribution in [0.5, 0.6) is 0 Å². The normalized spacial score (nSPS) is 7.54. The third-order valence-corrected chi connectivity index (χ3v) is 1.35. The zero-order chi connectivity index (χ0) is 9.23. The van der Waals surface area contributed by atoms with E-state index in [1.807, 2.05) is 30.3 Å². The van der Waals surface area contributed by atoms with Gasteiger partial charge >= 0.3 is 17.1 Å². The Kier molecular flexibility index (Phi) is 13.2. The summed E-state index contributed by atoms with van der Waals surface area (Å²) in [5, 5.41) is 0. The molecule has 1 radical (unpaired) electrons. The van der Waals surface area contributed by atoms with Crippen LogP contribution in [0.2, 0.25) is 0 Å². The van der Waals surface area contributed by atoms with Crippen LogP contribution in [-0.4, -0.2) is 0 Å². The molecule has 0 spiro atoms. The molecule has 0 aliphatic carbocycles. The first-order valence-corrected chi connectivity index (χ1v) is 4.24. The average molecular weight is 215 g/mol. The minimum atomic E-state index is 0. The SMILES string of the molecule is [CH-]=Cc1ccccc1.[CH2-]CCC.[Mn+2]. The van der Waals surface area contributed by atoms with Crippen LogP contribution in [-0.2, 0) is 17.1 Å². The molecular weight excluding hydrogens is 199 g/mol. The fourth-order valence-electron chi connectivity index (χ4n) is 0.564. The van der Waals surface area contributed by atoms with Crippen molar-refractivity contribution in [2.75, 3.05) is 0 Å². The molecule has 0 saturated heterocycles. The predicted molar refractivity (Wildman–Crippen MR) is 55.5 cm³/mol. The van der Waals surface area contributed by atoms with Gasteiger partial charge in [0.25, 0.3) is 0 Å². The minimum absolute atomic E-state index is 0. The van der Waals surface area contributed by atoms with E-state index in [1.54, 1.807) is 6.08 Å². The third kappa shape index (κ3) is 9.39. The van der Waals surface area contributed by atoms with Crippen molar-refractivity contribution in [3.63, 3.8) is 0 Å². The van der Waals surface area contributed by atoms with Crippen LogP contribution in [0.4, 0.5) is 0 Å². The van der Waals surface area contributed by atoms with Gasteiger partial charge in [-0.3, -0.25) is 6.58 Å². The summed E-state index contributed by atoms with van der Waals surface area (Å²) in [5.74, 6) is 0. The van der Waals surface area contributed by atoms with E-state index in [0.717, 1.165) is 12.0 Å². The molecule has 0 fully saturated rings. The van der Waals surface area contributed by atoms with Crippen molar-refractivity contribution < 1.29 is 17.1 Å². The Morgan fingerprint density at radius 3 is 2.00 bits per heavy atom. The van der Waals surface area contributed by atoms with Gasteiger partial charge in [0, 0.05) is 0 Å². The summed E-state index contributed by atoms with van der Waals surface area (Å²) in [6.45, 7) is 10.9. The van der Waals surface area contributed by atoms with Gasteiger partial charge in [-0.15, -0.1) is 12.1 Å². The molecule has 0 nitrogen and oxygen atoms in total. The molecule has 0 saturated carbocycles. The van der Waals surface area contributed by atoms with Crippen LogP contribution < -0.4 is 0 Å². The molecule has 1 aromatic rings. The number of hydrogen-bond acceptors (Lipinski definition) is 0. The molecule has 0 aromatic heterocycles. The smallest absolute Gasteiger partial charge is 0.343 e. The maximum atomic E-state index is 5.22. The van der Waals surface area contributed by atoms with Crippen molar-refractivity contribution in [1.29, 1.82) is 0 Å². The van der Waals surface area contributed by atoms with Gasteiger partial charge in [0.2, 0.25) is 0 Å². The van der Waals surface area contributed by atoms with E-state index in [2.05, 4.69) is 13.8 Å². The van der Waals surface area contributed by atoms with Crippen LogP contribution >= 0.6 is 0 Å². The van der Waals surface area contributed by atoms with Gasteiger partial charge < -0.3 is 6.92 Å². The van der Waals surface area contributed by atoms with Gasteiger partial charge in [-0.05, 0) is 0 Å². The van der Waals surface area contributed by atoms with Crippen LogP contribution in [0.3, 0.4) is 0 Å². The molecule has 0 heterocycles. The van der Waals surface area contributed by atoms with E-state index in [-0.39, 0.29) is 17.1 Å². The zero-order valence-corrected chi connectivity index (χ0v) is 9.22. The second-order valence-electron chi connectivity index (χ2n) is 2.43. The van der Waals surface area contributed by atoms with Crippen molar-refractivity contribution in [1.82, 2.24) is 0 Å². The molecule has 13 heavy (non-hydrogen) atoms. The summed E-state index contributed by atoms with van der Waals surface area (Å²) >= 11 is 0. The van der Waals surface area contributed by atoms with Gasteiger partial charge in [-0.25, -0.2) is 6.08 Å². The van der Waals surface area contributed by atoms with E-state index in [9.17, 15) is 0 Å². The largest absolute Gasteiger partial charge is 2.00 e. The second-order valence-corrected chi connectivity index (χ2v) is 2.43. The molecule has 1 heteroatoms. The molecular formula is C12H16Mn. The quantitative estimate of drug-likeness (QED) is 0.520. The van der Waals surface area contributed by atoms with Crippen molar-refractivity contribution in [2.45, 2.75) is 19.8 Å². The molecule has 1 aromatic carbocycles. The fraction of sp³-hybridized carbons (Fsp3) is 0.250. The maximum absolute atomic E-state index is 5.22. The first-order chi connectivity index (χ1) is 5.85. The van der Waals surface area contributed by atoms with Crippen LogP contribution in [0.15, 0.2) is 30.3 Å². The van der Waals surface area contributed by atoms with Gasteiger partial charge in [-0.2, -0.15) is 12.0 Å². The van der Waals surface area contributed by atoms with Crippen LogP contribution in [0.1, 0.15) is 25.3 Å². The Bertz CT molecular complexity index is 190. The van der Waals surface area contributed by atoms with E-state index in [1.165, 1.54) is 6.42 Å². The van der Waals surface area contributed by atoms with E-state index in [4.69, 9.17) is 6.58 Å². The molecule has 0 N–H and O–H groups in total. The number of rotatable bonds is 2. The van der Waals surface area contributed by atoms with Crippen molar-refractivity contribution in [2.24, 2.45) is 0 Å². The van der Waals surface area contributed by atoms with Gasteiger partial charge in [-0.1, -0.05) is 31.5 Å². The summed E-state index contributed by atoms with van der Waals surface area (Å²) < 4.78 is 0. The standard InChI is InChI=1S/C8H7.C4H9.Mn/c1-2-8-6-4-3-5-7-8;1-3-4-2;/h1-7H;1,3-4H2,2H3;/q2*-1;+2. The molecule has 0 aliphatic heterocycles. The summed E-state index contributed by atoms with van der Waals surface area (Å²) in [6, 6.07) is 9.80. The Morgan fingerprint density at radius 1 is 1.31 bits per heavy atom. The molecule has 0 unspecified atom stereocenters. The van der Waals surface area contributed by atoms with Crippen molar-refractivity contribution >= 4 is 6.08 Å². The van der Waals surface area contributed by atoms with Gasteiger partial charge in [0.15, 0.2) is 0 Å². The van der Waals surface area contributed by atoms with Crippen LogP contribution in [0.25, 0.3) is 6.08 Å². The number of benzene rings is 1. The maximum Gasteiger partial charge on any atom is 2.00 e. The Morgan fingerprint density at radius 2 is 1.77 bits per heavy atom. The van der Waals surface area contributed by atoms with Crippen LogP contribution in [0, 0.1) is 13.5 Å². The van der Waals surface area contributed by atoms with Gasteiger partial charge in [0.05, 0.1) is 0 Å². The van der Waals surface area contributed by atoms with Crippen molar-refractivity contribution in [3.8, 4) is 0 Å². The Hall–Kier alpha value is -0.521. The topological polar surface area (TPSA) is 0 Å². The average Bonchev–Trinajstić information content (AvgIpc) is 2.19. The first kappa shape index (κ1) is 15.0. The fourth-order valence-corrected chi connectivity index (χ4v) is 0.564. The molecule has 71 valence electrons. The molecule has 0 amide bonds. The monoisotopic (exact) mass is 215 g/mol. The molecule has 0 aliphatic rings. The zero-order valence-electron chi connectivity index (χ0n) is 8.04. The Balaban J connectivity index is 0. The number of unbranched alkanes of at least 4 members (excludes halogenated alkanes) is 1. The Labute approximate surface area is 92.5 Å². The summed E-state index contributed by atoms with van der Waals surface area (Å²) in [4.78, 5) is 0. The summed E-state index contributed by atoms with van der Waals surface area (Å²) in [5.41, 5.74) is 1.06. The minimum Gasteiger partial charge on any atom is -0.343 e.